The van der Waals surface area contributed by atoms with Crippen molar-refractivity contribution in [1.82, 2.24) is 5.32 Å². The van der Waals surface area contributed by atoms with E-state index in [9.17, 15) is 13.2 Å². The van der Waals surface area contributed by atoms with Crippen molar-refractivity contribution in [3.63, 3.8) is 0 Å². The third kappa shape index (κ3) is 4.65. The lowest BCUT2D eigenvalue weighted by molar-refractivity contribution is 0.0940. The first-order valence-corrected chi connectivity index (χ1v) is 10.5. The molecule has 0 saturated heterocycles. The van der Waals surface area contributed by atoms with Crippen LogP contribution in [0.2, 0.25) is 0 Å². The Labute approximate surface area is 159 Å². The lowest BCUT2D eigenvalue weighted by Crippen LogP contribution is -2.26. The first-order chi connectivity index (χ1) is 12.7. The van der Waals surface area contributed by atoms with Crippen molar-refractivity contribution in [2.45, 2.75) is 19.9 Å². The molecule has 3 aromatic rings. The molecule has 0 aromatic heterocycles. The van der Waals surface area contributed by atoms with Gasteiger partial charge in [-0.05, 0) is 53.9 Å². The Balaban J connectivity index is 1.80. The molecule has 5 nitrogen and oxygen atoms in total. The fourth-order valence-electron chi connectivity index (χ4n) is 2.91. The van der Waals surface area contributed by atoms with Crippen molar-refractivity contribution in [3.8, 4) is 0 Å². The lowest BCUT2D eigenvalue weighted by atomic mass is 10.0. The molecular weight excluding hydrogens is 360 g/mol. The second-order valence-electron chi connectivity index (χ2n) is 6.71. The summed E-state index contributed by atoms with van der Waals surface area (Å²) >= 11 is 0. The molecule has 3 rings (SSSR count). The molecule has 0 aliphatic carbocycles. The Hall–Kier alpha value is -2.86. The largest absolute Gasteiger partial charge is 0.346 e. The average molecular weight is 382 g/mol. The highest BCUT2D eigenvalue weighted by molar-refractivity contribution is 7.92. The lowest BCUT2D eigenvalue weighted by Gasteiger charge is -2.16. The van der Waals surface area contributed by atoms with Gasteiger partial charge in [0.25, 0.3) is 5.91 Å². The smallest absolute Gasteiger partial charge is 0.251 e. The van der Waals surface area contributed by atoms with Gasteiger partial charge >= 0.3 is 0 Å². The number of fused-ring (bicyclic) bond motifs is 1. The minimum Gasteiger partial charge on any atom is -0.346 e. The fraction of sp³-hybridized carbons (Fsp3) is 0.190. The molecule has 1 amide bonds. The van der Waals surface area contributed by atoms with E-state index in [2.05, 4.69) is 16.1 Å². The standard InChI is InChI=1S/C21H22N2O3S/c1-14-8-9-19(13-20(14)23-27(3,25)26)21(24)22-15(2)17-11-10-16-6-4-5-7-18(16)12-17/h4-13,15,23H,1-3H3,(H,22,24). The Morgan fingerprint density at radius 1 is 0.963 bits per heavy atom. The van der Waals surface area contributed by atoms with E-state index >= 15 is 0 Å². The van der Waals surface area contributed by atoms with E-state index in [0.29, 0.717) is 11.3 Å². The molecule has 0 radical (unpaired) electrons. The molecule has 0 fully saturated rings. The van der Waals surface area contributed by atoms with Crippen LogP contribution in [0.5, 0.6) is 0 Å². The Morgan fingerprint density at radius 2 is 1.67 bits per heavy atom. The maximum Gasteiger partial charge on any atom is 0.251 e. The van der Waals surface area contributed by atoms with Gasteiger partial charge in [0.15, 0.2) is 0 Å². The second kappa shape index (κ2) is 7.40. The molecule has 1 unspecified atom stereocenters. The quantitative estimate of drug-likeness (QED) is 0.700. The van der Waals surface area contributed by atoms with Crippen LogP contribution in [0.3, 0.4) is 0 Å². The third-order valence-corrected chi connectivity index (χ3v) is 5.01. The van der Waals surface area contributed by atoms with Crippen LogP contribution < -0.4 is 10.0 Å². The van der Waals surface area contributed by atoms with Crippen LogP contribution in [0.25, 0.3) is 10.8 Å². The van der Waals surface area contributed by atoms with Crippen molar-refractivity contribution >= 4 is 32.4 Å². The SMILES string of the molecule is Cc1ccc(C(=O)NC(C)c2ccc3ccccc3c2)cc1NS(C)(=O)=O. The van der Waals surface area contributed by atoms with E-state index < -0.39 is 10.0 Å². The summed E-state index contributed by atoms with van der Waals surface area (Å²) in [5.74, 6) is -0.257. The predicted octanol–water partition coefficient (Wildman–Crippen LogP) is 4.01. The van der Waals surface area contributed by atoms with Gasteiger partial charge in [-0.1, -0.05) is 42.5 Å². The zero-order valence-electron chi connectivity index (χ0n) is 15.5. The van der Waals surface area contributed by atoms with Crippen molar-refractivity contribution in [2.75, 3.05) is 11.0 Å². The molecule has 0 aliphatic rings. The highest BCUT2D eigenvalue weighted by Crippen LogP contribution is 2.22. The number of amides is 1. The van der Waals surface area contributed by atoms with Crippen molar-refractivity contribution < 1.29 is 13.2 Å². The number of benzene rings is 3. The molecule has 27 heavy (non-hydrogen) atoms. The van der Waals surface area contributed by atoms with Crippen LogP contribution in [0.4, 0.5) is 5.69 Å². The van der Waals surface area contributed by atoms with E-state index in [1.165, 1.54) is 0 Å². The molecular formula is C21H22N2O3S. The number of nitrogens with one attached hydrogen (secondary N) is 2. The number of rotatable bonds is 5. The fourth-order valence-corrected chi connectivity index (χ4v) is 3.53. The average Bonchev–Trinajstić information content (AvgIpc) is 2.62. The number of sulfonamides is 1. The predicted molar refractivity (Wildman–Crippen MR) is 109 cm³/mol. The van der Waals surface area contributed by atoms with Crippen LogP contribution in [0.1, 0.15) is 34.5 Å². The summed E-state index contributed by atoms with van der Waals surface area (Å²) in [4.78, 5) is 12.6. The number of hydrogen-bond acceptors (Lipinski definition) is 3. The molecule has 0 bridgehead atoms. The number of anilines is 1. The first-order valence-electron chi connectivity index (χ1n) is 8.61. The molecule has 6 heteroatoms. The molecule has 3 aromatic carbocycles. The topological polar surface area (TPSA) is 75.3 Å². The van der Waals surface area contributed by atoms with Crippen LogP contribution in [0, 0.1) is 6.92 Å². The Bertz CT molecular complexity index is 1110. The highest BCUT2D eigenvalue weighted by Gasteiger charge is 2.14. The van der Waals surface area contributed by atoms with E-state index in [-0.39, 0.29) is 11.9 Å². The van der Waals surface area contributed by atoms with Gasteiger partial charge in [-0.3, -0.25) is 9.52 Å². The van der Waals surface area contributed by atoms with E-state index in [4.69, 9.17) is 0 Å². The summed E-state index contributed by atoms with van der Waals surface area (Å²) in [6.45, 7) is 3.71. The van der Waals surface area contributed by atoms with Gasteiger partial charge in [-0.15, -0.1) is 0 Å². The van der Waals surface area contributed by atoms with Crippen LogP contribution in [-0.2, 0) is 10.0 Å². The summed E-state index contributed by atoms with van der Waals surface area (Å²) < 4.78 is 25.4. The van der Waals surface area contributed by atoms with E-state index in [0.717, 1.165) is 28.2 Å². The zero-order chi connectivity index (χ0) is 19.6. The molecule has 0 spiro atoms. The van der Waals surface area contributed by atoms with Gasteiger partial charge in [0.2, 0.25) is 10.0 Å². The third-order valence-electron chi connectivity index (χ3n) is 4.42. The van der Waals surface area contributed by atoms with Crippen molar-refractivity contribution in [2.24, 2.45) is 0 Å². The van der Waals surface area contributed by atoms with Gasteiger partial charge in [0, 0.05) is 5.56 Å². The molecule has 1 atom stereocenters. The second-order valence-corrected chi connectivity index (χ2v) is 8.45. The summed E-state index contributed by atoms with van der Waals surface area (Å²) in [5, 5.41) is 5.24. The van der Waals surface area contributed by atoms with Crippen molar-refractivity contribution in [1.29, 1.82) is 0 Å². The Kier molecular flexibility index (Phi) is 5.19. The van der Waals surface area contributed by atoms with Crippen LogP contribution in [0.15, 0.2) is 60.7 Å². The molecule has 140 valence electrons. The highest BCUT2D eigenvalue weighted by atomic mass is 32.2. The van der Waals surface area contributed by atoms with E-state index in [1.807, 2.05) is 43.3 Å². The minimum absolute atomic E-state index is 0.185. The number of carbonyl (C=O) groups excluding carboxylic acids is 1. The van der Waals surface area contributed by atoms with Crippen molar-refractivity contribution in [3.05, 3.63) is 77.4 Å². The summed E-state index contributed by atoms with van der Waals surface area (Å²) in [5.41, 5.74) is 2.56. The minimum atomic E-state index is -3.41. The maximum atomic E-state index is 12.6. The normalized spacial score (nSPS) is 12.6. The monoisotopic (exact) mass is 382 g/mol. The van der Waals surface area contributed by atoms with Gasteiger partial charge in [-0.2, -0.15) is 0 Å². The van der Waals surface area contributed by atoms with Crippen LogP contribution in [-0.4, -0.2) is 20.6 Å². The summed E-state index contributed by atoms with van der Waals surface area (Å²) in [7, 11) is -3.41. The van der Waals surface area contributed by atoms with E-state index in [1.54, 1.807) is 25.1 Å². The molecule has 0 aliphatic heterocycles. The van der Waals surface area contributed by atoms with Gasteiger partial charge in [-0.25, -0.2) is 8.42 Å². The van der Waals surface area contributed by atoms with Crippen LogP contribution >= 0.6 is 0 Å². The number of hydrogen-bond donors (Lipinski definition) is 2. The number of carbonyl (C=O) groups is 1. The van der Waals surface area contributed by atoms with Gasteiger partial charge in [0.05, 0.1) is 18.0 Å². The summed E-state index contributed by atoms with van der Waals surface area (Å²) in [6, 6.07) is 18.9. The van der Waals surface area contributed by atoms with Gasteiger partial charge < -0.3 is 5.32 Å². The first kappa shape index (κ1) is 18.9. The summed E-state index contributed by atoms with van der Waals surface area (Å²) in [6.07, 6.45) is 1.08. The molecule has 0 heterocycles. The Morgan fingerprint density at radius 3 is 2.37 bits per heavy atom. The maximum absolute atomic E-state index is 12.6. The zero-order valence-corrected chi connectivity index (χ0v) is 16.3. The number of aryl methyl sites for hydroxylation is 1. The molecule has 2 N–H and O–H groups in total. The molecule has 0 saturated carbocycles. The van der Waals surface area contributed by atoms with Gasteiger partial charge in [0.1, 0.15) is 0 Å².